The van der Waals surface area contributed by atoms with Crippen LogP contribution in [0.1, 0.15) is 25.5 Å². The average Bonchev–Trinajstić information content (AvgIpc) is 2.58. The Morgan fingerprint density at radius 3 is 1.21 bits per heavy atom. The zero-order chi connectivity index (χ0) is 21.5. The molecule has 2 aromatic rings. The summed E-state index contributed by atoms with van der Waals surface area (Å²) < 4.78 is 68.2. The van der Waals surface area contributed by atoms with Crippen molar-refractivity contribution < 1.29 is 25.6 Å². The third-order valence-corrected chi connectivity index (χ3v) is 5.99. The highest BCUT2D eigenvalue weighted by atomic mass is 32.2. The van der Waals surface area contributed by atoms with Crippen molar-refractivity contribution in [2.75, 3.05) is 0 Å². The fourth-order valence-electron chi connectivity index (χ4n) is 1.64. The summed E-state index contributed by atoms with van der Waals surface area (Å²) in [7, 11) is -7.17. The molecule has 0 aliphatic carbocycles. The van der Waals surface area contributed by atoms with Crippen LogP contribution in [0.3, 0.4) is 0 Å². The van der Waals surface area contributed by atoms with Gasteiger partial charge in [0.15, 0.2) is 11.6 Å². The smallest absolute Gasteiger partial charge is 0.212 e. The van der Waals surface area contributed by atoms with Gasteiger partial charge in [-0.25, -0.2) is 55.8 Å². The Labute approximate surface area is 161 Å². The van der Waals surface area contributed by atoms with Gasteiger partial charge in [-0.1, -0.05) is 0 Å². The number of primary sulfonamides is 2. The minimum absolute atomic E-state index is 0.0825. The summed E-state index contributed by atoms with van der Waals surface area (Å²) >= 11 is 0. The molecule has 0 bridgehead atoms. The molecule has 0 saturated heterocycles. The van der Waals surface area contributed by atoms with Gasteiger partial charge in [0, 0.05) is 12.8 Å². The topological polar surface area (TPSA) is 172 Å². The van der Waals surface area contributed by atoms with Crippen molar-refractivity contribution in [3.05, 3.63) is 48.1 Å². The zero-order valence-corrected chi connectivity index (χ0v) is 16.7. The Kier molecular flexibility index (Phi) is 8.41. The Balaban J connectivity index is 0.000000280. The monoisotopic (exact) mass is 438 g/mol. The lowest BCUT2D eigenvalue weighted by atomic mass is 10.3. The molecular weight excluding hydrogens is 418 g/mol. The molecule has 2 heterocycles. The van der Waals surface area contributed by atoms with Crippen LogP contribution in [0.4, 0.5) is 8.78 Å². The highest BCUT2D eigenvalue weighted by Gasteiger charge is 2.18. The van der Waals surface area contributed by atoms with Gasteiger partial charge < -0.3 is 0 Å². The van der Waals surface area contributed by atoms with Crippen LogP contribution in [-0.2, 0) is 32.9 Å². The van der Waals surface area contributed by atoms with Gasteiger partial charge in [0.25, 0.3) is 0 Å². The molecule has 2 atom stereocenters. The van der Waals surface area contributed by atoms with Gasteiger partial charge in [0.2, 0.25) is 20.0 Å². The van der Waals surface area contributed by atoms with Crippen LogP contribution in [-0.4, -0.2) is 47.3 Å². The van der Waals surface area contributed by atoms with Crippen LogP contribution in [0.2, 0.25) is 0 Å². The van der Waals surface area contributed by atoms with Crippen LogP contribution in [0.15, 0.2) is 24.8 Å². The zero-order valence-electron chi connectivity index (χ0n) is 15.0. The lowest BCUT2D eigenvalue weighted by molar-refractivity contribution is 0.578. The van der Waals surface area contributed by atoms with Crippen LogP contribution < -0.4 is 10.3 Å². The molecule has 2 rings (SSSR count). The minimum Gasteiger partial charge on any atom is -0.238 e. The second-order valence-electron chi connectivity index (χ2n) is 5.84. The quantitative estimate of drug-likeness (QED) is 0.617. The fraction of sp³-hybridized carbons (Fsp3) is 0.429. The Bertz CT molecular complexity index is 888. The normalized spacial score (nSPS) is 13.9. The molecule has 0 amide bonds. The molecule has 0 aromatic carbocycles. The number of hydrogen-bond donors (Lipinski definition) is 2. The number of hydrogen-bond acceptors (Lipinski definition) is 8. The molecule has 14 heteroatoms. The summed E-state index contributed by atoms with van der Waals surface area (Å²) in [6.07, 6.45) is 4.10. The first kappa shape index (κ1) is 23.9. The predicted molar refractivity (Wildman–Crippen MR) is 96.5 cm³/mol. The summed E-state index contributed by atoms with van der Waals surface area (Å²) in [5.41, 5.74) is 0. The number of rotatable bonds is 6. The second-order valence-corrected chi connectivity index (χ2v) is 9.81. The van der Waals surface area contributed by atoms with Crippen LogP contribution in [0, 0.1) is 11.6 Å². The van der Waals surface area contributed by atoms with E-state index in [0.717, 1.165) is 24.8 Å². The molecular formula is C14H20F2N6O4S2. The number of aromatic nitrogens is 4. The Morgan fingerprint density at radius 2 is 1.00 bits per heavy atom. The summed E-state index contributed by atoms with van der Waals surface area (Å²) in [4.78, 5) is 14.5. The van der Waals surface area contributed by atoms with Crippen molar-refractivity contribution in [3.63, 3.8) is 0 Å². The van der Waals surface area contributed by atoms with Crippen molar-refractivity contribution >= 4 is 20.0 Å². The van der Waals surface area contributed by atoms with Crippen molar-refractivity contribution in [1.82, 2.24) is 19.9 Å². The lowest BCUT2D eigenvalue weighted by Crippen LogP contribution is -2.28. The maximum atomic E-state index is 12.4. The molecule has 0 aliphatic rings. The standard InChI is InChI=1S/2C7H10FN3O2S/c2*1-5(14(9,12)13)2-7-10-3-6(8)4-11-7/h2*3-5H,2H2,1H3,(H2,9,12,13)/t2*5-/m10/s1. The van der Waals surface area contributed by atoms with Gasteiger partial charge in [-0.3, -0.25) is 0 Å². The predicted octanol–water partition coefficient (Wildman–Crippen LogP) is -0.330. The van der Waals surface area contributed by atoms with E-state index in [1.165, 1.54) is 13.8 Å². The van der Waals surface area contributed by atoms with Crippen molar-refractivity contribution in [3.8, 4) is 0 Å². The first-order valence-corrected chi connectivity index (χ1v) is 11.0. The van der Waals surface area contributed by atoms with E-state index < -0.39 is 42.2 Å². The van der Waals surface area contributed by atoms with E-state index in [9.17, 15) is 25.6 Å². The SMILES string of the molecule is C[C@@H](Cc1ncc(F)cn1)S(N)(=O)=O.C[C@H](Cc1ncc(F)cn1)S(N)(=O)=O. The minimum atomic E-state index is -3.58. The molecule has 0 saturated carbocycles. The van der Waals surface area contributed by atoms with Crippen LogP contribution in [0.25, 0.3) is 0 Å². The highest BCUT2D eigenvalue weighted by molar-refractivity contribution is 7.90. The third kappa shape index (κ3) is 8.69. The molecule has 156 valence electrons. The maximum absolute atomic E-state index is 12.4. The molecule has 0 fully saturated rings. The molecule has 28 heavy (non-hydrogen) atoms. The average molecular weight is 438 g/mol. The van der Waals surface area contributed by atoms with E-state index in [1.807, 2.05) is 0 Å². The number of sulfonamides is 2. The van der Waals surface area contributed by atoms with E-state index in [2.05, 4.69) is 19.9 Å². The molecule has 0 radical (unpaired) electrons. The molecule has 0 unspecified atom stereocenters. The maximum Gasteiger partial charge on any atom is 0.212 e. The molecule has 2 aromatic heterocycles. The van der Waals surface area contributed by atoms with Crippen molar-refractivity contribution in [2.24, 2.45) is 10.3 Å². The van der Waals surface area contributed by atoms with Gasteiger partial charge in [0.05, 0.1) is 35.3 Å². The molecule has 0 aliphatic heterocycles. The largest absolute Gasteiger partial charge is 0.238 e. The van der Waals surface area contributed by atoms with Crippen molar-refractivity contribution in [2.45, 2.75) is 37.2 Å². The second kappa shape index (κ2) is 9.86. The first-order valence-electron chi connectivity index (χ1n) is 7.75. The van der Waals surface area contributed by atoms with Crippen molar-refractivity contribution in [1.29, 1.82) is 0 Å². The van der Waals surface area contributed by atoms with Gasteiger partial charge in [-0.2, -0.15) is 0 Å². The van der Waals surface area contributed by atoms with Gasteiger partial charge in [-0.05, 0) is 13.8 Å². The van der Waals surface area contributed by atoms with Gasteiger partial charge >= 0.3 is 0 Å². The Morgan fingerprint density at radius 1 is 0.750 bits per heavy atom. The van der Waals surface area contributed by atoms with Crippen LogP contribution >= 0.6 is 0 Å². The number of nitrogens with two attached hydrogens (primary N) is 2. The third-order valence-electron chi connectivity index (χ3n) is 3.41. The summed E-state index contributed by atoms with van der Waals surface area (Å²) in [5.74, 6) is -0.602. The van der Waals surface area contributed by atoms with Gasteiger partial charge in [-0.15, -0.1) is 0 Å². The first-order chi connectivity index (χ1) is 12.8. The Hall–Kier alpha value is -2.16. The van der Waals surface area contributed by atoms with E-state index in [0.29, 0.717) is 0 Å². The van der Waals surface area contributed by atoms with E-state index in [4.69, 9.17) is 10.3 Å². The molecule has 10 nitrogen and oxygen atoms in total. The fourth-order valence-corrected chi connectivity index (χ4v) is 2.40. The highest BCUT2D eigenvalue weighted by Crippen LogP contribution is 2.04. The van der Waals surface area contributed by atoms with Gasteiger partial charge in [0.1, 0.15) is 11.6 Å². The van der Waals surface area contributed by atoms with E-state index >= 15 is 0 Å². The van der Waals surface area contributed by atoms with Crippen LogP contribution in [0.5, 0.6) is 0 Å². The summed E-state index contributed by atoms with van der Waals surface area (Å²) in [6.45, 7) is 2.89. The lowest BCUT2D eigenvalue weighted by Gasteiger charge is -2.06. The van der Waals surface area contributed by atoms with E-state index in [-0.39, 0.29) is 24.5 Å². The molecule has 4 N–H and O–H groups in total. The summed E-state index contributed by atoms with van der Waals surface area (Å²) in [6, 6.07) is 0. The number of nitrogens with zero attached hydrogens (tertiary/aromatic N) is 4. The number of halogens is 2. The van der Waals surface area contributed by atoms with E-state index in [1.54, 1.807) is 0 Å². The molecule has 0 spiro atoms. The summed E-state index contributed by atoms with van der Waals surface area (Å²) in [5, 5.41) is 8.26.